The normalized spacial score (nSPS) is 18.1. The highest BCUT2D eigenvalue weighted by Gasteiger charge is 2.39. The zero-order chi connectivity index (χ0) is 22.4. The molecule has 6 heteroatoms. The molecule has 0 spiro atoms. The van der Waals surface area contributed by atoms with Crippen LogP contribution in [0.3, 0.4) is 0 Å². The molecule has 33 heavy (non-hydrogen) atoms. The van der Waals surface area contributed by atoms with E-state index in [1.54, 1.807) is 12.3 Å². The van der Waals surface area contributed by atoms with E-state index >= 15 is 0 Å². The molecular formula is C27H22N4O2. The number of benzene rings is 2. The summed E-state index contributed by atoms with van der Waals surface area (Å²) in [5.41, 5.74) is 5.13. The van der Waals surface area contributed by atoms with Crippen molar-refractivity contribution in [1.29, 1.82) is 0 Å². The fraction of sp³-hybridized carbons (Fsp3) is 0.185. The molecule has 1 atom stereocenters. The van der Waals surface area contributed by atoms with E-state index in [1.807, 2.05) is 54.6 Å². The highest BCUT2D eigenvalue weighted by molar-refractivity contribution is 6.17. The number of hydrogen-bond donors (Lipinski definition) is 1. The Bertz CT molecular complexity index is 1440. The number of pyridine rings is 1. The Labute approximate surface area is 191 Å². The summed E-state index contributed by atoms with van der Waals surface area (Å²) in [7, 11) is 0. The number of amides is 1. The van der Waals surface area contributed by atoms with Gasteiger partial charge in [-0.1, -0.05) is 48.5 Å². The summed E-state index contributed by atoms with van der Waals surface area (Å²) in [6.45, 7) is 0. The van der Waals surface area contributed by atoms with E-state index in [-0.39, 0.29) is 11.8 Å². The molecule has 2 aromatic carbocycles. The molecule has 0 bridgehead atoms. The van der Waals surface area contributed by atoms with E-state index in [0.29, 0.717) is 11.4 Å². The topological polar surface area (TPSA) is 76.9 Å². The van der Waals surface area contributed by atoms with Crippen LogP contribution in [0.5, 0.6) is 0 Å². The first-order chi connectivity index (χ1) is 16.2. The van der Waals surface area contributed by atoms with Crippen molar-refractivity contribution in [1.82, 2.24) is 14.8 Å². The second-order valence-corrected chi connectivity index (χ2v) is 8.54. The lowest BCUT2D eigenvalue weighted by atomic mass is 9.90. The van der Waals surface area contributed by atoms with Crippen LogP contribution in [0.25, 0.3) is 27.7 Å². The summed E-state index contributed by atoms with van der Waals surface area (Å²) in [6.07, 6.45) is 8.07. The number of anilines is 1. The number of allylic oxidation sites excluding steroid dienone is 2. The third-order valence-corrected chi connectivity index (χ3v) is 6.46. The average Bonchev–Trinajstić information content (AvgIpc) is 3.24. The third-order valence-electron chi connectivity index (χ3n) is 6.46. The van der Waals surface area contributed by atoms with Crippen LogP contribution < -0.4 is 5.32 Å². The maximum atomic E-state index is 13.6. The van der Waals surface area contributed by atoms with Gasteiger partial charge in [0.2, 0.25) is 5.91 Å². The molecule has 3 heterocycles. The molecule has 1 unspecified atom stereocenters. The number of nitrogens with zero attached hydrogens (tertiary/aromatic N) is 3. The van der Waals surface area contributed by atoms with Crippen molar-refractivity contribution >= 4 is 34.1 Å². The minimum absolute atomic E-state index is 0.326. The zero-order valence-electron chi connectivity index (χ0n) is 18.0. The van der Waals surface area contributed by atoms with Crippen molar-refractivity contribution in [2.45, 2.75) is 31.6 Å². The number of hydrogen-bond acceptors (Lipinski definition) is 4. The van der Waals surface area contributed by atoms with Crippen LogP contribution in [0, 0.1) is 0 Å². The molecule has 1 amide bonds. The highest BCUT2D eigenvalue weighted by atomic mass is 16.2. The van der Waals surface area contributed by atoms with Crippen LogP contribution in [0.15, 0.2) is 72.9 Å². The second kappa shape index (κ2) is 7.81. The van der Waals surface area contributed by atoms with Crippen LogP contribution in [0.4, 0.5) is 5.82 Å². The minimum Gasteiger partial charge on any atom is -0.309 e. The molecule has 6 nitrogen and oxygen atoms in total. The van der Waals surface area contributed by atoms with Crippen molar-refractivity contribution in [2.24, 2.45) is 0 Å². The quantitative estimate of drug-likeness (QED) is 0.436. The van der Waals surface area contributed by atoms with Gasteiger partial charge in [-0.2, -0.15) is 9.78 Å². The number of nitrogens with one attached hydrogen (secondary N) is 1. The first kappa shape index (κ1) is 19.6. The predicted octanol–water partition coefficient (Wildman–Crippen LogP) is 5.43. The Morgan fingerprint density at radius 1 is 0.970 bits per heavy atom. The molecule has 0 saturated heterocycles. The molecule has 2 aromatic heterocycles. The Balaban J connectivity index is 1.50. The van der Waals surface area contributed by atoms with Gasteiger partial charge in [-0.25, -0.2) is 0 Å². The van der Waals surface area contributed by atoms with Crippen molar-refractivity contribution in [2.75, 3.05) is 5.32 Å². The van der Waals surface area contributed by atoms with Crippen molar-refractivity contribution < 1.29 is 9.59 Å². The summed E-state index contributed by atoms with van der Waals surface area (Å²) in [4.78, 5) is 31.3. The molecule has 0 saturated carbocycles. The van der Waals surface area contributed by atoms with Crippen LogP contribution >= 0.6 is 0 Å². The summed E-state index contributed by atoms with van der Waals surface area (Å²) in [6, 6.07) is 19.1. The molecule has 1 aliphatic carbocycles. The van der Waals surface area contributed by atoms with Crippen LogP contribution in [-0.2, 0) is 4.79 Å². The highest BCUT2D eigenvalue weighted by Crippen LogP contribution is 2.41. The Morgan fingerprint density at radius 3 is 2.67 bits per heavy atom. The van der Waals surface area contributed by atoms with E-state index in [9.17, 15) is 9.59 Å². The molecule has 6 rings (SSSR count). The molecule has 1 aliphatic heterocycles. The van der Waals surface area contributed by atoms with Gasteiger partial charge in [0.15, 0.2) is 0 Å². The fourth-order valence-corrected chi connectivity index (χ4v) is 4.85. The predicted molar refractivity (Wildman–Crippen MR) is 128 cm³/mol. The summed E-state index contributed by atoms with van der Waals surface area (Å²) >= 11 is 0. The van der Waals surface area contributed by atoms with Gasteiger partial charge in [0.05, 0.1) is 5.52 Å². The summed E-state index contributed by atoms with van der Waals surface area (Å²) in [5.74, 6) is -1.14. The van der Waals surface area contributed by atoms with E-state index < -0.39 is 5.92 Å². The number of carbonyl (C=O) groups is 2. The Hall–Kier alpha value is -4.06. The van der Waals surface area contributed by atoms with Crippen LogP contribution in [0.1, 0.15) is 47.5 Å². The number of fused-ring (bicyclic) bond motifs is 2. The van der Waals surface area contributed by atoms with Gasteiger partial charge in [-0.15, -0.1) is 0 Å². The van der Waals surface area contributed by atoms with E-state index in [1.165, 1.54) is 4.68 Å². The van der Waals surface area contributed by atoms with Gasteiger partial charge in [0.25, 0.3) is 5.91 Å². The SMILES string of the molecule is O=C1Nc2c(C3=CCCCC3)c(-c3ccccc3)nn2C(=O)C1c1ccc2ncccc2c1. The average molecular weight is 434 g/mol. The Morgan fingerprint density at radius 2 is 1.85 bits per heavy atom. The van der Waals surface area contributed by atoms with Crippen molar-refractivity contribution in [3.05, 3.63) is 84.1 Å². The number of carbonyl (C=O) groups excluding carboxylic acids is 2. The van der Waals surface area contributed by atoms with Crippen molar-refractivity contribution in [3.63, 3.8) is 0 Å². The van der Waals surface area contributed by atoms with Gasteiger partial charge >= 0.3 is 0 Å². The zero-order valence-corrected chi connectivity index (χ0v) is 18.0. The number of rotatable bonds is 3. The summed E-state index contributed by atoms with van der Waals surface area (Å²) < 4.78 is 1.40. The third kappa shape index (κ3) is 3.26. The molecule has 4 aromatic rings. The monoisotopic (exact) mass is 434 g/mol. The van der Waals surface area contributed by atoms with Gasteiger partial charge < -0.3 is 5.32 Å². The first-order valence-electron chi connectivity index (χ1n) is 11.3. The standard InChI is InChI=1S/C27H22N4O2/c32-26-23(20-13-14-21-19(16-20)12-7-15-28-21)27(33)31-25(29-26)22(17-8-3-1-4-9-17)24(30-31)18-10-5-2-6-11-18/h2,5-8,10-16,23H,1,3-4,9H2,(H,29,32). The smallest absolute Gasteiger partial charge is 0.265 e. The molecule has 162 valence electrons. The molecule has 0 fully saturated rings. The second-order valence-electron chi connectivity index (χ2n) is 8.54. The largest absolute Gasteiger partial charge is 0.309 e. The fourth-order valence-electron chi connectivity index (χ4n) is 4.85. The summed E-state index contributed by atoms with van der Waals surface area (Å²) in [5, 5.41) is 8.66. The van der Waals surface area contributed by atoms with E-state index in [0.717, 1.165) is 59.0 Å². The lowest BCUT2D eigenvalue weighted by Crippen LogP contribution is -2.38. The lowest BCUT2D eigenvalue weighted by Gasteiger charge is -2.24. The van der Waals surface area contributed by atoms with E-state index in [2.05, 4.69) is 16.4 Å². The van der Waals surface area contributed by atoms with Gasteiger partial charge in [-0.3, -0.25) is 14.6 Å². The van der Waals surface area contributed by atoms with Gasteiger partial charge in [0, 0.05) is 22.7 Å². The first-order valence-corrected chi connectivity index (χ1v) is 11.3. The number of aromatic nitrogens is 3. The van der Waals surface area contributed by atoms with Gasteiger partial charge in [-0.05, 0) is 55.0 Å². The maximum absolute atomic E-state index is 13.6. The molecule has 1 N–H and O–H groups in total. The van der Waals surface area contributed by atoms with Gasteiger partial charge in [0.1, 0.15) is 17.4 Å². The molecule has 2 aliphatic rings. The minimum atomic E-state index is -0.959. The van der Waals surface area contributed by atoms with Crippen molar-refractivity contribution in [3.8, 4) is 11.3 Å². The molecule has 0 radical (unpaired) electrons. The lowest BCUT2D eigenvalue weighted by molar-refractivity contribution is -0.117. The molecular weight excluding hydrogens is 412 g/mol. The van der Waals surface area contributed by atoms with E-state index in [4.69, 9.17) is 5.10 Å². The van der Waals surface area contributed by atoms with Crippen LogP contribution in [0.2, 0.25) is 0 Å². The maximum Gasteiger partial charge on any atom is 0.265 e. The Kier molecular flexibility index (Phi) is 4.64. The van der Waals surface area contributed by atoms with Crippen LogP contribution in [-0.4, -0.2) is 26.6 Å².